The first-order valence-electron chi connectivity index (χ1n) is 6.76. The monoisotopic (exact) mass is 357 g/mol. The van der Waals surface area contributed by atoms with Gasteiger partial charge in [-0.1, -0.05) is 34.0 Å². The molecule has 0 aromatic heterocycles. The van der Waals surface area contributed by atoms with Gasteiger partial charge in [-0.05, 0) is 49.7 Å². The van der Waals surface area contributed by atoms with Gasteiger partial charge in [0.15, 0.2) is 0 Å². The van der Waals surface area contributed by atoms with Crippen LogP contribution in [0, 0.1) is 0 Å². The summed E-state index contributed by atoms with van der Waals surface area (Å²) in [5.74, 6) is 1.03. The summed E-state index contributed by atoms with van der Waals surface area (Å²) in [6.45, 7) is 3.49. The minimum atomic E-state index is 0.973. The van der Waals surface area contributed by atoms with Crippen molar-refractivity contribution in [3.63, 3.8) is 0 Å². The Bertz CT molecular complexity index is 509. The first kappa shape index (κ1) is 14.0. The number of hydrogen-bond donors (Lipinski definition) is 0. The maximum Gasteiger partial charge on any atom is 0.0503 e. The van der Waals surface area contributed by atoms with Crippen LogP contribution in [0.25, 0.3) is 5.03 Å². The number of hydrogen-bond acceptors (Lipinski definition) is 2. The molecule has 2 heterocycles. The number of likely N-dealkylation sites (tertiary alicyclic amines) is 1. The van der Waals surface area contributed by atoms with E-state index in [1.807, 2.05) is 11.8 Å². The number of piperidine rings is 1. The van der Waals surface area contributed by atoms with E-state index in [-0.39, 0.29) is 0 Å². The predicted molar refractivity (Wildman–Crippen MR) is 87.9 cm³/mol. The van der Waals surface area contributed by atoms with Gasteiger partial charge >= 0.3 is 0 Å². The summed E-state index contributed by atoms with van der Waals surface area (Å²) in [5, 5.41) is 0.973. The second-order valence-electron chi connectivity index (χ2n) is 5.18. The highest BCUT2D eigenvalue weighted by molar-refractivity contribution is 9.10. The molecule has 0 bridgehead atoms. The maximum atomic E-state index is 6.62. The molecule has 2 aliphatic heterocycles. The first-order valence-corrected chi connectivity index (χ1v) is 8.92. The van der Waals surface area contributed by atoms with E-state index in [1.54, 1.807) is 0 Å². The van der Waals surface area contributed by atoms with E-state index in [2.05, 4.69) is 39.0 Å². The van der Waals surface area contributed by atoms with Crippen molar-refractivity contribution < 1.29 is 0 Å². The summed E-state index contributed by atoms with van der Waals surface area (Å²) in [4.78, 5) is 3.85. The van der Waals surface area contributed by atoms with Gasteiger partial charge in [-0.15, -0.1) is 11.8 Å². The molecule has 0 radical (unpaired) electrons. The normalized spacial score (nSPS) is 20.5. The Morgan fingerprint density at radius 3 is 2.79 bits per heavy atom. The van der Waals surface area contributed by atoms with Crippen molar-refractivity contribution in [1.82, 2.24) is 4.90 Å². The first-order chi connectivity index (χ1) is 9.24. The van der Waals surface area contributed by atoms with Crippen LogP contribution in [0.4, 0.5) is 0 Å². The lowest BCUT2D eigenvalue weighted by Gasteiger charge is -2.29. The molecule has 102 valence electrons. The van der Waals surface area contributed by atoms with Crippen LogP contribution in [-0.4, -0.2) is 30.3 Å². The lowest BCUT2D eigenvalue weighted by atomic mass is 10.1. The maximum absolute atomic E-state index is 6.62. The molecule has 0 saturated carbocycles. The number of rotatable bonds is 2. The average molecular weight is 359 g/mol. The summed E-state index contributed by atoms with van der Waals surface area (Å²) in [6, 6.07) is 6.38. The molecule has 19 heavy (non-hydrogen) atoms. The SMILES string of the molecule is ClC1=C(CN2CCCCC2)CSc2ccc(Br)cc21. The van der Waals surface area contributed by atoms with Crippen LogP contribution in [-0.2, 0) is 0 Å². The molecular weight excluding hydrogens is 342 g/mol. The van der Waals surface area contributed by atoms with E-state index >= 15 is 0 Å². The van der Waals surface area contributed by atoms with Gasteiger partial charge in [-0.3, -0.25) is 4.90 Å². The van der Waals surface area contributed by atoms with Gasteiger partial charge in [0, 0.05) is 27.2 Å². The van der Waals surface area contributed by atoms with Crippen molar-refractivity contribution in [2.75, 3.05) is 25.4 Å². The van der Waals surface area contributed by atoms with E-state index in [0.29, 0.717) is 0 Å². The van der Waals surface area contributed by atoms with Crippen molar-refractivity contribution in [2.45, 2.75) is 24.2 Å². The number of fused-ring (bicyclic) bond motifs is 1. The molecule has 1 fully saturated rings. The fourth-order valence-electron chi connectivity index (χ4n) is 2.72. The van der Waals surface area contributed by atoms with Gasteiger partial charge in [0.2, 0.25) is 0 Å². The Balaban J connectivity index is 1.83. The fraction of sp³-hybridized carbons (Fsp3) is 0.467. The highest BCUT2D eigenvalue weighted by atomic mass is 79.9. The van der Waals surface area contributed by atoms with Crippen LogP contribution >= 0.6 is 39.3 Å². The van der Waals surface area contributed by atoms with E-state index in [9.17, 15) is 0 Å². The Labute approximate surface area is 132 Å². The molecule has 0 N–H and O–H groups in total. The van der Waals surface area contributed by atoms with Gasteiger partial charge in [0.25, 0.3) is 0 Å². The topological polar surface area (TPSA) is 3.24 Å². The largest absolute Gasteiger partial charge is 0.299 e. The van der Waals surface area contributed by atoms with Crippen LogP contribution in [0.3, 0.4) is 0 Å². The molecule has 4 heteroatoms. The Morgan fingerprint density at radius 1 is 1.21 bits per heavy atom. The number of halogens is 2. The number of nitrogens with zero attached hydrogens (tertiary/aromatic N) is 1. The van der Waals surface area contributed by atoms with Crippen LogP contribution in [0.2, 0.25) is 0 Å². The summed E-state index contributed by atoms with van der Waals surface area (Å²) < 4.78 is 1.10. The van der Waals surface area contributed by atoms with E-state index in [1.165, 1.54) is 48.4 Å². The summed E-state index contributed by atoms with van der Waals surface area (Å²) in [7, 11) is 0. The van der Waals surface area contributed by atoms with Crippen molar-refractivity contribution >= 4 is 44.3 Å². The molecule has 1 saturated heterocycles. The lowest BCUT2D eigenvalue weighted by molar-refractivity contribution is 0.247. The molecule has 1 nitrogen and oxygen atoms in total. The molecule has 0 atom stereocenters. The third-order valence-corrected chi connectivity index (χ3v) is 5.88. The van der Waals surface area contributed by atoms with Gasteiger partial charge < -0.3 is 0 Å². The molecule has 0 unspecified atom stereocenters. The quantitative estimate of drug-likeness (QED) is 0.732. The highest BCUT2D eigenvalue weighted by Crippen LogP contribution is 2.40. The molecule has 1 aromatic rings. The van der Waals surface area contributed by atoms with E-state index in [4.69, 9.17) is 11.6 Å². The van der Waals surface area contributed by atoms with Crippen LogP contribution in [0.1, 0.15) is 24.8 Å². The van der Waals surface area contributed by atoms with Crippen LogP contribution in [0.5, 0.6) is 0 Å². The van der Waals surface area contributed by atoms with Gasteiger partial charge in [0.1, 0.15) is 0 Å². The third kappa shape index (κ3) is 3.21. The number of thioether (sulfide) groups is 1. The van der Waals surface area contributed by atoms with Crippen molar-refractivity contribution in [2.24, 2.45) is 0 Å². The molecule has 1 aromatic carbocycles. The van der Waals surface area contributed by atoms with Crippen LogP contribution < -0.4 is 0 Å². The standard InChI is InChI=1S/C15H17BrClNS/c16-12-4-5-14-13(8-12)15(17)11(10-19-14)9-18-6-2-1-3-7-18/h4-5,8H,1-3,6-7,9-10H2. The molecule has 2 aliphatic rings. The minimum Gasteiger partial charge on any atom is -0.299 e. The second kappa shape index (κ2) is 6.21. The van der Waals surface area contributed by atoms with Gasteiger partial charge in [0.05, 0.1) is 5.03 Å². The Kier molecular flexibility index (Phi) is 4.58. The molecule has 0 aliphatic carbocycles. The lowest BCUT2D eigenvalue weighted by Crippen LogP contribution is -2.32. The Morgan fingerprint density at radius 2 is 2.00 bits per heavy atom. The fourth-order valence-corrected chi connectivity index (χ4v) is 4.55. The molecular formula is C15H17BrClNS. The minimum absolute atomic E-state index is 0.973. The second-order valence-corrected chi connectivity index (χ2v) is 7.49. The molecule has 0 amide bonds. The smallest absolute Gasteiger partial charge is 0.0503 e. The summed E-state index contributed by atoms with van der Waals surface area (Å²) in [5.41, 5.74) is 2.58. The van der Waals surface area contributed by atoms with Crippen LogP contribution in [0.15, 0.2) is 33.1 Å². The van der Waals surface area contributed by atoms with Gasteiger partial charge in [-0.2, -0.15) is 0 Å². The van der Waals surface area contributed by atoms with E-state index in [0.717, 1.165) is 21.8 Å². The van der Waals surface area contributed by atoms with Crippen molar-refractivity contribution in [3.8, 4) is 0 Å². The highest BCUT2D eigenvalue weighted by Gasteiger charge is 2.21. The third-order valence-electron chi connectivity index (χ3n) is 3.75. The average Bonchev–Trinajstić information content (AvgIpc) is 2.44. The van der Waals surface area contributed by atoms with Gasteiger partial charge in [-0.25, -0.2) is 0 Å². The summed E-state index contributed by atoms with van der Waals surface area (Å²) in [6.07, 6.45) is 4.05. The Hall–Kier alpha value is 0.0400. The zero-order valence-corrected chi connectivity index (χ0v) is 14.0. The zero-order chi connectivity index (χ0) is 13.2. The van der Waals surface area contributed by atoms with Crippen molar-refractivity contribution in [1.29, 1.82) is 0 Å². The molecule has 3 rings (SSSR count). The molecule has 0 spiro atoms. The van der Waals surface area contributed by atoms with Crippen molar-refractivity contribution in [3.05, 3.63) is 33.8 Å². The zero-order valence-electron chi connectivity index (χ0n) is 10.8. The predicted octanol–water partition coefficient (Wildman–Crippen LogP) is 4.99. The van der Waals surface area contributed by atoms with E-state index < -0.39 is 0 Å². The number of benzene rings is 1. The summed E-state index contributed by atoms with van der Waals surface area (Å²) >= 11 is 12.1.